The van der Waals surface area contributed by atoms with Crippen LogP contribution in [0.5, 0.6) is 5.75 Å². The molecule has 0 N–H and O–H groups in total. The Labute approximate surface area is 163 Å². The number of nitrogens with zero attached hydrogens (tertiary/aromatic N) is 1. The molecule has 1 fully saturated rings. The molecule has 1 aliphatic heterocycles. The minimum absolute atomic E-state index is 0.245. The predicted molar refractivity (Wildman–Crippen MR) is 105 cm³/mol. The number of morpholine rings is 1. The van der Waals surface area contributed by atoms with E-state index in [9.17, 15) is 4.39 Å². The van der Waals surface area contributed by atoms with Gasteiger partial charge in [-0.3, -0.25) is 4.90 Å². The number of ether oxygens (including phenoxy) is 2. The Kier molecular flexibility index (Phi) is 6.33. The highest BCUT2D eigenvalue weighted by Crippen LogP contribution is 2.36. The highest BCUT2D eigenvalue weighted by atomic mass is 79.9. The maximum atomic E-state index is 14.3. The first-order chi connectivity index (χ1) is 12.5. The lowest BCUT2D eigenvalue weighted by atomic mass is 9.83. The Morgan fingerprint density at radius 3 is 2.54 bits per heavy atom. The molecule has 2 aromatic carbocycles. The Bertz CT molecular complexity index is 730. The van der Waals surface area contributed by atoms with E-state index < -0.39 is 0 Å². The van der Waals surface area contributed by atoms with Crippen LogP contribution in [0.15, 0.2) is 46.9 Å². The van der Waals surface area contributed by atoms with Crippen molar-refractivity contribution >= 4 is 15.9 Å². The van der Waals surface area contributed by atoms with Crippen LogP contribution in [0.2, 0.25) is 0 Å². The summed E-state index contributed by atoms with van der Waals surface area (Å²) in [5.74, 6) is 0.461. The Morgan fingerprint density at radius 1 is 1.15 bits per heavy atom. The summed E-state index contributed by atoms with van der Waals surface area (Å²) in [5.41, 5.74) is 1.73. The van der Waals surface area contributed by atoms with Crippen LogP contribution in [0.4, 0.5) is 4.39 Å². The first kappa shape index (κ1) is 19.3. The fourth-order valence-electron chi connectivity index (χ4n) is 3.32. The lowest BCUT2D eigenvalue weighted by Crippen LogP contribution is -2.43. The molecule has 1 heterocycles. The third-order valence-electron chi connectivity index (χ3n) is 4.71. The van der Waals surface area contributed by atoms with Crippen molar-refractivity contribution in [1.29, 1.82) is 0 Å². The third kappa shape index (κ3) is 4.84. The van der Waals surface area contributed by atoms with Crippen molar-refractivity contribution in [2.45, 2.75) is 25.9 Å². The van der Waals surface area contributed by atoms with Crippen LogP contribution in [-0.4, -0.2) is 37.7 Å². The van der Waals surface area contributed by atoms with Crippen LogP contribution in [0.25, 0.3) is 0 Å². The zero-order valence-electron chi connectivity index (χ0n) is 15.3. The van der Waals surface area contributed by atoms with Crippen molar-refractivity contribution in [3.8, 4) is 5.75 Å². The molecule has 0 amide bonds. The van der Waals surface area contributed by atoms with E-state index in [4.69, 9.17) is 9.47 Å². The first-order valence-electron chi connectivity index (χ1n) is 8.92. The number of benzene rings is 2. The van der Waals surface area contributed by atoms with Gasteiger partial charge in [-0.15, -0.1) is 0 Å². The molecule has 0 aliphatic carbocycles. The van der Waals surface area contributed by atoms with Gasteiger partial charge in [0.05, 0.1) is 17.7 Å². The second-order valence-electron chi connectivity index (χ2n) is 7.31. The molecule has 3 nitrogen and oxygen atoms in total. The summed E-state index contributed by atoms with van der Waals surface area (Å²) in [5, 5.41) is 0. The molecule has 1 saturated heterocycles. The summed E-state index contributed by atoms with van der Waals surface area (Å²) >= 11 is 3.29. The Hall–Kier alpha value is -1.43. The summed E-state index contributed by atoms with van der Waals surface area (Å²) in [6.07, 6.45) is 0. The van der Waals surface area contributed by atoms with Gasteiger partial charge in [-0.2, -0.15) is 0 Å². The van der Waals surface area contributed by atoms with Crippen LogP contribution in [0.3, 0.4) is 0 Å². The van der Waals surface area contributed by atoms with E-state index in [-0.39, 0.29) is 11.2 Å². The summed E-state index contributed by atoms with van der Waals surface area (Å²) in [7, 11) is 0. The zero-order chi connectivity index (χ0) is 18.6. The molecular weight excluding hydrogens is 397 g/mol. The third-order valence-corrected chi connectivity index (χ3v) is 5.32. The minimum atomic E-state index is -0.262. The van der Waals surface area contributed by atoms with Gasteiger partial charge < -0.3 is 9.47 Å². The molecular formula is C21H25BrFNO2. The molecule has 0 radical (unpaired) electrons. The van der Waals surface area contributed by atoms with E-state index in [1.807, 2.05) is 30.3 Å². The summed E-state index contributed by atoms with van der Waals surface area (Å²) in [6, 6.07) is 13.4. The average Bonchev–Trinajstić information content (AvgIpc) is 2.63. The molecule has 0 bridgehead atoms. The molecule has 1 aliphatic rings. The largest absolute Gasteiger partial charge is 0.489 e. The Morgan fingerprint density at radius 2 is 1.85 bits per heavy atom. The van der Waals surface area contributed by atoms with Crippen molar-refractivity contribution in [2.75, 3.05) is 32.8 Å². The predicted octanol–water partition coefficient (Wildman–Crippen LogP) is 4.78. The van der Waals surface area contributed by atoms with E-state index in [1.54, 1.807) is 12.1 Å². The van der Waals surface area contributed by atoms with Crippen molar-refractivity contribution in [2.24, 2.45) is 0 Å². The number of hydrogen-bond donors (Lipinski definition) is 0. The maximum Gasteiger partial charge on any atom is 0.137 e. The second-order valence-corrected chi connectivity index (χ2v) is 8.16. The molecule has 0 spiro atoms. The molecule has 3 rings (SSSR count). The average molecular weight is 422 g/mol. The molecule has 0 unspecified atom stereocenters. The zero-order valence-corrected chi connectivity index (χ0v) is 16.9. The highest BCUT2D eigenvalue weighted by molar-refractivity contribution is 9.10. The van der Waals surface area contributed by atoms with Crippen LogP contribution in [0, 0.1) is 5.82 Å². The fraction of sp³-hybridized carbons (Fsp3) is 0.429. The van der Waals surface area contributed by atoms with E-state index >= 15 is 0 Å². The van der Waals surface area contributed by atoms with E-state index in [2.05, 4.69) is 34.7 Å². The van der Waals surface area contributed by atoms with Crippen LogP contribution >= 0.6 is 15.9 Å². The van der Waals surface area contributed by atoms with E-state index in [0.29, 0.717) is 11.1 Å². The molecule has 0 atom stereocenters. The smallest absolute Gasteiger partial charge is 0.137 e. The normalized spacial score (nSPS) is 15.8. The van der Waals surface area contributed by atoms with E-state index in [1.165, 1.54) is 0 Å². The topological polar surface area (TPSA) is 21.7 Å². The SMILES string of the molecule is CC(C)(CN1CCOCC1)c1cc(F)c(Br)cc1OCc1ccccc1. The van der Waals surface area contributed by atoms with E-state index in [0.717, 1.165) is 49.7 Å². The molecule has 2 aromatic rings. The van der Waals surface area contributed by atoms with Crippen molar-refractivity contribution in [1.82, 2.24) is 4.90 Å². The van der Waals surface area contributed by atoms with Crippen molar-refractivity contribution in [3.05, 3.63) is 63.9 Å². The van der Waals surface area contributed by atoms with Gasteiger partial charge in [0, 0.05) is 30.6 Å². The van der Waals surface area contributed by atoms with Crippen LogP contribution in [0.1, 0.15) is 25.0 Å². The molecule has 0 saturated carbocycles. The summed E-state index contributed by atoms with van der Waals surface area (Å²) < 4.78 is 26.2. The molecule has 26 heavy (non-hydrogen) atoms. The summed E-state index contributed by atoms with van der Waals surface area (Å²) in [4.78, 5) is 2.37. The fourth-order valence-corrected chi connectivity index (χ4v) is 3.64. The Balaban J connectivity index is 1.82. The van der Waals surface area contributed by atoms with Gasteiger partial charge in [0.2, 0.25) is 0 Å². The van der Waals surface area contributed by atoms with Gasteiger partial charge in [0.15, 0.2) is 0 Å². The van der Waals surface area contributed by atoms with Gasteiger partial charge in [0.1, 0.15) is 18.2 Å². The lowest BCUT2D eigenvalue weighted by Gasteiger charge is -2.36. The standard InChI is InChI=1S/C21H25BrFNO2/c1-21(2,15-24-8-10-25-11-9-24)17-12-19(23)18(22)13-20(17)26-14-16-6-4-3-5-7-16/h3-7,12-13H,8-11,14-15H2,1-2H3. The van der Waals surface area contributed by atoms with Crippen LogP contribution in [-0.2, 0) is 16.8 Å². The number of rotatable bonds is 6. The van der Waals surface area contributed by atoms with Gasteiger partial charge in [-0.1, -0.05) is 44.2 Å². The number of halogens is 2. The lowest BCUT2D eigenvalue weighted by molar-refractivity contribution is 0.0293. The van der Waals surface area contributed by atoms with Gasteiger partial charge >= 0.3 is 0 Å². The quantitative estimate of drug-likeness (QED) is 0.669. The molecule has 0 aromatic heterocycles. The summed E-state index contributed by atoms with van der Waals surface area (Å²) in [6.45, 7) is 8.88. The van der Waals surface area contributed by atoms with Crippen molar-refractivity contribution < 1.29 is 13.9 Å². The second kappa shape index (κ2) is 8.51. The molecule has 5 heteroatoms. The minimum Gasteiger partial charge on any atom is -0.489 e. The van der Waals surface area contributed by atoms with Gasteiger partial charge in [0.25, 0.3) is 0 Å². The van der Waals surface area contributed by atoms with Crippen LogP contribution < -0.4 is 4.74 Å². The number of hydrogen-bond acceptors (Lipinski definition) is 3. The first-order valence-corrected chi connectivity index (χ1v) is 9.71. The van der Waals surface area contributed by atoms with Gasteiger partial charge in [-0.25, -0.2) is 4.39 Å². The monoisotopic (exact) mass is 421 g/mol. The van der Waals surface area contributed by atoms with Gasteiger partial charge in [-0.05, 0) is 33.6 Å². The molecule has 140 valence electrons. The van der Waals surface area contributed by atoms with Crippen molar-refractivity contribution in [3.63, 3.8) is 0 Å². The maximum absolute atomic E-state index is 14.3. The highest BCUT2D eigenvalue weighted by Gasteiger charge is 2.29.